The highest BCUT2D eigenvalue weighted by molar-refractivity contribution is 7.70. The molecule has 6 heterocycles. The first-order chi connectivity index (χ1) is 30.8. The molecule has 3 saturated heterocycles. The summed E-state index contributed by atoms with van der Waals surface area (Å²) in [4.78, 5) is 55.7. The number of fused-ring (bicyclic) bond motifs is 1. The molecule has 18 heteroatoms. The van der Waals surface area contributed by atoms with E-state index in [-0.39, 0.29) is 18.2 Å². The zero-order valence-electron chi connectivity index (χ0n) is 36.5. The van der Waals surface area contributed by atoms with E-state index in [4.69, 9.17) is 21.3 Å². The van der Waals surface area contributed by atoms with E-state index in [2.05, 4.69) is 58.9 Å². The van der Waals surface area contributed by atoms with Crippen molar-refractivity contribution in [3.05, 3.63) is 89.3 Å². The molecule has 3 N–H and O–H groups in total. The number of anilines is 6. The van der Waals surface area contributed by atoms with Crippen molar-refractivity contribution in [2.24, 2.45) is 13.0 Å². The van der Waals surface area contributed by atoms with Crippen molar-refractivity contribution in [3.63, 3.8) is 0 Å². The first-order valence-electron chi connectivity index (χ1n) is 21.7. The van der Waals surface area contributed by atoms with E-state index in [1.54, 1.807) is 30.0 Å². The third kappa shape index (κ3) is 9.04. The molecule has 1 unspecified atom stereocenters. The van der Waals surface area contributed by atoms with Gasteiger partial charge in [-0.05, 0) is 80.5 Å². The molecule has 9 rings (SSSR count). The Bertz CT molecular complexity index is 2650. The molecule has 4 aliphatic heterocycles. The van der Waals surface area contributed by atoms with E-state index in [1.165, 1.54) is 6.20 Å². The molecule has 4 aliphatic rings. The van der Waals surface area contributed by atoms with Gasteiger partial charge in [0, 0.05) is 111 Å². The van der Waals surface area contributed by atoms with Crippen molar-refractivity contribution in [2.75, 3.05) is 86.7 Å². The molecule has 0 saturated carbocycles. The van der Waals surface area contributed by atoms with Gasteiger partial charge in [0.2, 0.25) is 17.8 Å². The van der Waals surface area contributed by atoms with Crippen LogP contribution in [-0.2, 0) is 27.7 Å². The fourth-order valence-electron chi connectivity index (χ4n) is 9.37. The average molecular weight is 906 g/mol. The number of nitrogens with zero attached hydrogens (tertiary/aromatic N) is 8. The number of aromatic nitrogens is 4. The van der Waals surface area contributed by atoms with Gasteiger partial charge in [-0.1, -0.05) is 23.7 Å². The van der Waals surface area contributed by atoms with Crippen molar-refractivity contribution in [1.29, 1.82) is 0 Å². The van der Waals surface area contributed by atoms with Gasteiger partial charge in [-0.3, -0.25) is 29.3 Å². The first kappa shape index (κ1) is 43.3. The maximum Gasteiger partial charge on any atom is 0.255 e. The number of aryl methyl sites for hydroxylation is 1. The molecule has 334 valence electrons. The van der Waals surface area contributed by atoms with Crippen LogP contribution < -0.4 is 35.8 Å². The number of para-hydroxylation sites is 1. The minimum absolute atomic E-state index is 0.146. The number of amides is 3. The van der Waals surface area contributed by atoms with E-state index < -0.39 is 19.1 Å². The summed E-state index contributed by atoms with van der Waals surface area (Å²) < 4.78 is 20.8. The number of methoxy groups -OCH3 is 1. The van der Waals surface area contributed by atoms with Gasteiger partial charge in [0.15, 0.2) is 5.82 Å². The molecule has 64 heavy (non-hydrogen) atoms. The van der Waals surface area contributed by atoms with Gasteiger partial charge in [0.1, 0.15) is 24.0 Å². The van der Waals surface area contributed by atoms with Gasteiger partial charge < -0.3 is 34.6 Å². The number of carbonyl (C=O) groups excluding carboxylic acids is 3. The zero-order chi connectivity index (χ0) is 44.7. The Labute approximate surface area is 377 Å². The highest BCUT2D eigenvalue weighted by Gasteiger charge is 2.39. The van der Waals surface area contributed by atoms with Gasteiger partial charge in [-0.15, -0.1) is 0 Å². The van der Waals surface area contributed by atoms with Crippen molar-refractivity contribution in [1.82, 2.24) is 34.9 Å². The third-order valence-corrected chi connectivity index (χ3v) is 14.6. The Balaban J connectivity index is 0.839. The van der Waals surface area contributed by atoms with Crippen LogP contribution in [0.25, 0.3) is 11.1 Å². The standard InChI is InChI=1S/C46H53ClN11O5P/c1-54-27-31(24-49-54)34-22-37(51-46-48-25-35(47)43(53-46)50-36-7-5-6-8-41(36)64(3,4)62)40(63-2)23-39(34)57-15-13-29(14-16-57)26-55-17-19-56(20-18-55)32-9-10-33-30(21-32)28-58(45(33)61)38-11-12-42(59)52-44(38)60/h5-10,21-25,27,29,38H,11-20,26,28H2,1-4H3,(H,52,59,60)(H2,48,50,51,53). The number of halogens is 1. The van der Waals surface area contributed by atoms with Crippen LogP contribution in [0.4, 0.5) is 34.5 Å². The number of imide groups is 1. The molecule has 0 aliphatic carbocycles. The predicted octanol–water partition coefficient (Wildman–Crippen LogP) is 6.07. The number of piperidine rings is 2. The van der Waals surface area contributed by atoms with Crippen LogP contribution in [0.3, 0.4) is 0 Å². The molecule has 0 radical (unpaired) electrons. The lowest BCUT2D eigenvalue weighted by atomic mass is 9.94. The van der Waals surface area contributed by atoms with Crippen LogP contribution in [0.15, 0.2) is 73.2 Å². The molecule has 1 atom stereocenters. The number of rotatable bonds is 12. The number of piperazine rings is 1. The number of hydrogen-bond donors (Lipinski definition) is 3. The fourth-order valence-corrected chi connectivity index (χ4v) is 10.7. The Morgan fingerprint density at radius 1 is 0.891 bits per heavy atom. The summed E-state index contributed by atoms with van der Waals surface area (Å²) in [6, 6.07) is 17.0. The SMILES string of the molecule is COc1cc(N2CCC(CN3CCN(c4ccc5c(c4)CN(C4CCC(=O)NC4=O)C5=O)CC3)CC2)c(-c2cnn(C)c2)cc1Nc1ncc(Cl)c(Nc2ccccc2P(C)(C)=O)n1. The van der Waals surface area contributed by atoms with Crippen LogP contribution in [0, 0.1) is 5.92 Å². The Hall–Kier alpha value is -5.96. The maximum atomic E-state index is 13.2. The normalized spacial score (nSPS) is 18.6. The average Bonchev–Trinajstić information content (AvgIpc) is 3.86. The highest BCUT2D eigenvalue weighted by Crippen LogP contribution is 2.43. The summed E-state index contributed by atoms with van der Waals surface area (Å²) in [5.74, 6) is 1.08. The predicted molar refractivity (Wildman–Crippen MR) is 250 cm³/mol. The molecule has 16 nitrogen and oxygen atoms in total. The van der Waals surface area contributed by atoms with Crippen LogP contribution in [0.1, 0.15) is 41.6 Å². The van der Waals surface area contributed by atoms with Crippen molar-refractivity contribution < 1.29 is 23.7 Å². The van der Waals surface area contributed by atoms with Crippen molar-refractivity contribution in [3.8, 4) is 16.9 Å². The number of hydrogen-bond acceptors (Lipinski definition) is 13. The molecular formula is C46H53ClN11O5P. The van der Waals surface area contributed by atoms with Crippen LogP contribution in [0.5, 0.6) is 5.75 Å². The lowest BCUT2D eigenvalue weighted by Gasteiger charge is -2.40. The van der Waals surface area contributed by atoms with E-state index in [9.17, 15) is 18.9 Å². The maximum absolute atomic E-state index is 13.2. The van der Waals surface area contributed by atoms with Gasteiger partial charge in [0.25, 0.3) is 5.91 Å². The van der Waals surface area contributed by atoms with Crippen LogP contribution in [0.2, 0.25) is 5.02 Å². The molecule has 0 spiro atoms. The summed E-state index contributed by atoms with van der Waals surface area (Å²) in [7, 11) is 0.981. The quantitative estimate of drug-likeness (QED) is 0.0975. The molecule has 3 amide bonds. The minimum atomic E-state index is -2.59. The molecule has 3 aromatic carbocycles. The van der Waals surface area contributed by atoms with E-state index in [0.29, 0.717) is 63.7 Å². The topological polar surface area (TPSA) is 170 Å². The summed E-state index contributed by atoms with van der Waals surface area (Å²) in [5.41, 5.74) is 7.07. The largest absolute Gasteiger partial charge is 0.494 e. The number of nitrogens with one attached hydrogen (secondary N) is 3. The Kier molecular flexibility index (Phi) is 12.1. The summed E-state index contributed by atoms with van der Waals surface area (Å²) >= 11 is 6.58. The summed E-state index contributed by atoms with van der Waals surface area (Å²) in [6.45, 7) is 10.4. The van der Waals surface area contributed by atoms with Crippen LogP contribution in [-0.4, -0.2) is 120 Å². The second-order valence-corrected chi connectivity index (χ2v) is 21.0. The second-order valence-electron chi connectivity index (χ2n) is 17.4. The van der Waals surface area contributed by atoms with E-state index >= 15 is 0 Å². The van der Waals surface area contributed by atoms with E-state index in [0.717, 1.165) is 86.7 Å². The smallest absolute Gasteiger partial charge is 0.255 e. The fraction of sp³-hybridized carbons (Fsp3) is 0.391. The Morgan fingerprint density at radius 3 is 2.39 bits per heavy atom. The zero-order valence-corrected chi connectivity index (χ0v) is 38.2. The minimum Gasteiger partial charge on any atom is -0.494 e. The highest BCUT2D eigenvalue weighted by atomic mass is 35.5. The van der Waals surface area contributed by atoms with Gasteiger partial charge in [-0.2, -0.15) is 10.1 Å². The van der Waals surface area contributed by atoms with Gasteiger partial charge in [0.05, 0.1) is 30.9 Å². The lowest BCUT2D eigenvalue weighted by molar-refractivity contribution is -0.136. The molecule has 3 fully saturated rings. The molecule has 0 bridgehead atoms. The first-order valence-corrected chi connectivity index (χ1v) is 24.7. The van der Waals surface area contributed by atoms with Gasteiger partial charge in [-0.25, -0.2) is 4.98 Å². The second kappa shape index (κ2) is 17.9. The number of benzene rings is 3. The molecule has 5 aromatic rings. The molecular weight excluding hydrogens is 853 g/mol. The summed E-state index contributed by atoms with van der Waals surface area (Å²) in [6.07, 6.45) is 8.13. The van der Waals surface area contributed by atoms with Crippen LogP contribution >= 0.6 is 18.7 Å². The monoisotopic (exact) mass is 905 g/mol. The number of carbonyl (C=O) groups is 3. The Morgan fingerprint density at radius 2 is 1.67 bits per heavy atom. The third-order valence-electron chi connectivity index (χ3n) is 12.8. The number of ether oxygens (including phenoxy) is 1. The molecule has 2 aromatic heterocycles. The van der Waals surface area contributed by atoms with Crippen molar-refractivity contribution in [2.45, 2.75) is 38.3 Å². The lowest BCUT2D eigenvalue weighted by Crippen LogP contribution is -2.52. The van der Waals surface area contributed by atoms with Crippen molar-refractivity contribution >= 4 is 76.3 Å². The summed E-state index contributed by atoms with van der Waals surface area (Å²) in [5, 5.41) is 14.6. The van der Waals surface area contributed by atoms with Gasteiger partial charge >= 0.3 is 0 Å². The van der Waals surface area contributed by atoms with E-state index in [1.807, 2.05) is 55.8 Å².